The van der Waals surface area contributed by atoms with Crippen LogP contribution in [0.25, 0.3) is 0 Å². The number of hydrogen-bond donors (Lipinski definition) is 4. The van der Waals surface area contributed by atoms with Gasteiger partial charge in [-0.25, -0.2) is 8.42 Å². The maximum absolute atomic E-state index is 13.5. The summed E-state index contributed by atoms with van der Waals surface area (Å²) in [6, 6.07) is 14.8. The maximum Gasteiger partial charge on any atom is 0.243 e. The van der Waals surface area contributed by atoms with Crippen LogP contribution < -0.4 is 16.0 Å². The van der Waals surface area contributed by atoms with Crippen LogP contribution in [0, 0.1) is 5.92 Å². The van der Waals surface area contributed by atoms with Crippen molar-refractivity contribution in [2.75, 3.05) is 45.2 Å². The molecule has 1 aliphatic rings. The first kappa shape index (κ1) is 28.1. The highest BCUT2D eigenvalue weighted by molar-refractivity contribution is 7.89. The maximum atomic E-state index is 13.5. The van der Waals surface area contributed by atoms with Gasteiger partial charge in [-0.15, -0.1) is 0 Å². The van der Waals surface area contributed by atoms with E-state index in [0.717, 1.165) is 11.3 Å². The molecule has 2 aromatic rings. The number of rotatable bonds is 12. The Hall–Kier alpha value is -2.50. The first-order valence-electron chi connectivity index (χ1n) is 12.3. The molecule has 0 saturated carbocycles. The molecule has 3 atom stereocenters. The molecule has 1 heterocycles. The molecule has 4 N–H and O–H groups in total. The predicted octanol–water partition coefficient (Wildman–Crippen LogP) is 1.45. The van der Waals surface area contributed by atoms with E-state index in [-0.39, 0.29) is 36.4 Å². The van der Waals surface area contributed by atoms with Crippen LogP contribution in [0.5, 0.6) is 0 Å². The summed E-state index contributed by atoms with van der Waals surface area (Å²) in [6.45, 7) is 5.29. The van der Waals surface area contributed by atoms with Gasteiger partial charge < -0.3 is 25.8 Å². The van der Waals surface area contributed by atoms with Crippen molar-refractivity contribution in [2.45, 2.75) is 43.4 Å². The Balaban J connectivity index is 1.83. The number of benzene rings is 2. The van der Waals surface area contributed by atoms with E-state index >= 15 is 0 Å². The number of hydrogen-bond acceptors (Lipinski definition) is 7. The first-order valence-corrected chi connectivity index (χ1v) is 13.8. The van der Waals surface area contributed by atoms with Crippen LogP contribution in [0.2, 0.25) is 0 Å². The minimum absolute atomic E-state index is 0.0364. The zero-order chi connectivity index (χ0) is 26.1. The van der Waals surface area contributed by atoms with Crippen molar-refractivity contribution in [1.82, 2.24) is 14.9 Å². The Kier molecular flexibility index (Phi) is 10.3. The molecule has 2 aromatic carbocycles. The standard InChI is InChI=1S/C26H38N4O5S/c1-19(2)16-30(36(33,34)22-11-9-21(27-3)10-12-22)17-25(31)23(15-20-7-5-4-6-8-20)29-26(32)24-18-35-14-13-28-24/h4-12,19,23-25,27-28,31H,13-18H2,1-3H3,(H,29,32)/t23-,24-,25+/m0/s1. The third kappa shape index (κ3) is 7.75. The number of carbonyl (C=O) groups is 1. The average molecular weight is 519 g/mol. The smallest absolute Gasteiger partial charge is 0.243 e. The van der Waals surface area contributed by atoms with E-state index in [1.165, 1.54) is 4.31 Å². The SMILES string of the molecule is CNc1ccc(S(=O)(=O)N(CC(C)C)C[C@@H](O)[C@H](Cc2ccccc2)NC(=O)[C@@H]2COCCN2)cc1. The van der Waals surface area contributed by atoms with Crippen LogP contribution in [0.15, 0.2) is 59.5 Å². The molecule has 9 nitrogen and oxygen atoms in total. The molecular weight excluding hydrogens is 480 g/mol. The molecule has 0 spiro atoms. The highest BCUT2D eigenvalue weighted by Crippen LogP contribution is 2.21. The van der Waals surface area contributed by atoms with Crippen molar-refractivity contribution in [3.63, 3.8) is 0 Å². The quantitative estimate of drug-likeness (QED) is 0.336. The second-order valence-corrected chi connectivity index (χ2v) is 11.4. The fraction of sp³-hybridized carbons (Fsp3) is 0.500. The van der Waals surface area contributed by atoms with Gasteiger partial charge in [-0.2, -0.15) is 4.31 Å². The van der Waals surface area contributed by atoms with Gasteiger partial charge in [0.15, 0.2) is 0 Å². The van der Waals surface area contributed by atoms with E-state index in [4.69, 9.17) is 4.74 Å². The number of amides is 1. The Morgan fingerprint density at radius 1 is 1.14 bits per heavy atom. The molecule has 0 radical (unpaired) electrons. The lowest BCUT2D eigenvalue weighted by Crippen LogP contribution is -2.57. The zero-order valence-electron chi connectivity index (χ0n) is 21.2. The lowest BCUT2D eigenvalue weighted by Gasteiger charge is -2.32. The normalized spacial score (nSPS) is 18.1. The van der Waals surface area contributed by atoms with Crippen LogP contribution in [0.1, 0.15) is 19.4 Å². The zero-order valence-corrected chi connectivity index (χ0v) is 22.0. The van der Waals surface area contributed by atoms with E-state index in [1.807, 2.05) is 44.2 Å². The van der Waals surface area contributed by atoms with Crippen LogP contribution >= 0.6 is 0 Å². The van der Waals surface area contributed by atoms with Crippen LogP contribution in [-0.2, 0) is 26.0 Å². The summed E-state index contributed by atoms with van der Waals surface area (Å²) in [5.41, 5.74) is 1.73. The van der Waals surface area contributed by atoms with E-state index in [0.29, 0.717) is 19.6 Å². The molecule has 1 saturated heterocycles. The highest BCUT2D eigenvalue weighted by Gasteiger charge is 2.32. The molecule has 198 valence electrons. The van der Waals surface area contributed by atoms with Gasteiger partial charge in [0.2, 0.25) is 15.9 Å². The summed E-state index contributed by atoms with van der Waals surface area (Å²) < 4.78 is 33.8. The summed E-state index contributed by atoms with van der Waals surface area (Å²) in [5.74, 6) is -0.245. The van der Waals surface area contributed by atoms with Gasteiger partial charge in [0.05, 0.1) is 30.3 Å². The fourth-order valence-corrected chi connectivity index (χ4v) is 5.75. The molecule has 0 bridgehead atoms. The molecule has 1 fully saturated rings. The molecule has 3 rings (SSSR count). The van der Waals surface area contributed by atoms with E-state index in [9.17, 15) is 18.3 Å². The number of sulfonamides is 1. The minimum atomic E-state index is -3.87. The molecule has 1 amide bonds. The Labute approximate surface area is 214 Å². The number of aliphatic hydroxyl groups is 1. The van der Waals surface area contributed by atoms with Gasteiger partial charge >= 0.3 is 0 Å². The molecule has 0 unspecified atom stereocenters. The van der Waals surface area contributed by atoms with Gasteiger partial charge in [-0.3, -0.25) is 4.79 Å². The molecular formula is C26H38N4O5S. The summed E-state index contributed by atoms with van der Waals surface area (Å²) in [5, 5.41) is 20.3. The predicted molar refractivity (Wildman–Crippen MR) is 140 cm³/mol. The third-order valence-corrected chi connectivity index (χ3v) is 7.91. The third-order valence-electron chi connectivity index (χ3n) is 6.07. The monoisotopic (exact) mass is 518 g/mol. The number of carbonyl (C=O) groups excluding carboxylic acids is 1. The second-order valence-electron chi connectivity index (χ2n) is 9.44. The average Bonchev–Trinajstić information content (AvgIpc) is 2.88. The molecule has 1 aliphatic heterocycles. The number of ether oxygens (including phenoxy) is 1. The number of nitrogens with one attached hydrogen (secondary N) is 3. The van der Waals surface area contributed by atoms with Crippen molar-refractivity contribution in [3.05, 3.63) is 60.2 Å². The molecule has 0 aliphatic carbocycles. The van der Waals surface area contributed by atoms with Gasteiger partial charge in [0.1, 0.15) is 6.04 Å². The molecule has 0 aromatic heterocycles. The summed E-state index contributed by atoms with van der Waals surface area (Å²) >= 11 is 0. The molecule has 36 heavy (non-hydrogen) atoms. The number of morpholine rings is 1. The Morgan fingerprint density at radius 3 is 2.42 bits per heavy atom. The van der Waals surface area contributed by atoms with Crippen LogP contribution in [-0.4, -0.2) is 81.8 Å². The summed E-state index contributed by atoms with van der Waals surface area (Å²) in [7, 11) is -2.11. The van der Waals surface area contributed by atoms with Crippen molar-refractivity contribution < 1.29 is 23.1 Å². The van der Waals surface area contributed by atoms with Crippen molar-refractivity contribution >= 4 is 21.6 Å². The topological polar surface area (TPSA) is 120 Å². The fourth-order valence-electron chi connectivity index (χ4n) is 4.13. The van der Waals surface area contributed by atoms with E-state index in [1.54, 1.807) is 31.3 Å². The van der Waals surface area contributed by atoms with Crippen LogP contribution in [0.4, 0.5) is 5.69 Å². The largest absolute Gasteiger partial charge is 0.390 e. The Morgan fingerprint density at radius 2 is 1.83 bits per heavy atom. The molecule has 10 heteroatoms. The minimum Gasteiger partial charge on any atom is -0.390 e. The van der Waals surface area contributed by atoms with Crippen molar-refractivity contribution in [2.24, 2.45) is 5.92 Å². The second kappa shape index (κ2) is 13.2. The highest BCUT2D eigenvalue weighted by atomic mass is 32.2. The summed E-state index contributed by atoms with van der Waals surface area (Å²) in [6.07, 6.45) is -0.780. The lowest BCUT2D eigenvalue weighted by molar-refractivity contribution is -0.127. The van der Waals surface area contributed by atoms with Crippen LogP contribution in [0.3, 0.4) is 0 Å². The van der Waals surface area contributed by atoms with Gasteiger partial charge in [0, 0.05) is 32.4 Å². The lowest BCUT2D eigenvalue weighted by atomic mass is 10.0. The van der Waals surface area contributed by atoms with Gasteiger partial charge in [0.25, 0.3) is 0 Å². The van der Waals surface area contributed by atoms with Gasteiger partial charge in [-0.1, -0.05) is 44.2 Å². The van der Waals surface area contributed by atoms with Crippen molar-refractivity contribution in [1.29, 1.82) is 0 Å². The summed E-state index contributed by atoms with van der Waals surface area (Å²) in [4.78, 5) is 13.1. The number of nitrogens with zero attached hydrogens (tertiary/aromatic N) is 1. The van der Waals surface area contributed by atoms with Crippen molar-refractivity contribution in [3.8, 4) is 0 Å². The van der Waals surface area contributed by atoms with E-state index < -0.39 is 28.2 Å². The van der Waals surface area contributed by atoms with E-state index in [2.05, 4.69) is 16.0 Å². The van der Waals surface area contributed by atoms with Gasteiger partial charge in [-0.05, 0) is 42.2 Å². The number of anilines is 1. The number of aliphatic hydroxyl groups excluding tert-OH is 1. The Bertz CT molecular complexity index is 1060. The first-order chi connectivity index (χ1) is 17.2.